The van der Waals surface area contributed by atoms with Gasteiger partial charge in [0.2, 0.25) is 5.91 Å². The van der Waals surface area contributed by atoms with Gasteiger partial charge in [0, 0.05) is 18.7 Å². The van der Waals surface area contributed by atoms with Crippen LogP contribution in [0, 0.1) is 0 Å². The molecule has 1 aliphatic carbocycles. The topological polar surface area (TPSA) is 93.2 Å². The normalized spacial score (nSPS) is 18.8. The van der Waals surface area contributed by atoms with E-state index in [1.807, 2.05) is 29.2 Å². The van der Waals surface area contributed by atoms with Crippen LogP contribution in [-0.4, -0.2) is 67.4 Å². The summed E-state index contributed by atoms with van der Waals surface area (Å²) in [5.41, 5.74) is 5.76. The molecule has 1 atom stereocenters. The van der Waals surface area contributed by atoms with Gasteiger partial charge in [-0.25, -0.2) is 9.69 Å². The van der Waals surface area contributed by atoms with Crippen molar-refractivity contribution in [2.45, 2.75) is 18.9 Å². The molecule has 8 nitrogen and oxygen atoms in total. The van der Waals surface area contributed by atoms with Gasteiger partial charge in [0.15, 0.2) is 12.4 Å². The smallest absolute Gasteiger partial charge is 0.338 e. The second-order valence-electron chi connectivity index (χ2n) is 9.69. The molecule has 6 rings (SSSR count). The SMILES string of the molecule is O=C(COC(=O)c1ccc(N2C(=O)CC(N3CCOCC3)C2=O)cc1)c1ccc2c(c1)Cc1ccccc1-2. The Kier molecular flexibility index (Phi) is 6.35. The van der Waals surface area contributed by atoms with Gasteiger partial charge in [0.25, 0.3) is 5.91 Å². The van der Waals surface area contributed by atoms with Crippen LogP contribution in [0.2, 0.25) is 0 Å². The van der Waals surface area contributed by atoms with Crippen LogP contribution in [0.4, 0.5) is 5.69 Å². The van der Waals surface area contributed by atoms with E-state index < -0.39 is 12.0 Å². The van der Waals surface area contributed by atoms with E-state index in [9.17, 15) is 19.2 Å². The first-order valence-corrected chi connectivity index (χ1v) is 12.7. The monoisotopic (exact) mass is 510 g/mol. The minimum absolute atomic E-state index is 0.125. The van der Waals surface area contributed by atoms with Crippen molar-refractivity contribution in [1.29, 1.82) is 0 Å². The molecular weight excluding hydrogens is 484 g/mol. The molecule has 2 aliphatic heterocycles. The first kappa shape index (κ1) is 24.2. The van der Waals surface area contributed by atoms with Crippen LogP contribution in [0.3, 0.4) is 0 Å². The van der Waals surface area contributed by atoms with Gasteiger partial charge in [-0.05, 0) is 59.0 Å². The van der Waals surface area contributed by atoms with E-state index in [1.54, 1.807) is 18.2 Å². The molecule has 1 unspecified atom stereocenters. The van der Waals surface area contributed by atoms with Crippen molar-refractivity contribution >= 4 is 29.3 Å². The van der Waals surface area contributed by atoms with Crippen LogP contribution in [-0.2, 0) is 25.5 Å². The van der Waals surface area contributed by atoms with Crippen LogP contribution in [0.1, 0.15) is 38.3 Å². The third-order valence-corrected chi connectivity index (χ3v) is 7.42. The van der Waals surface area contributed by atoms with E-state index >= 15 is 0 Å². The molecule has 2 amide bonds. The predicted octanol–water partition coefficient (Wildman–Crippen LogP) is 3.26. The van der Waals surface area contributed by atoms with Crippen molar-refractivity contribution < 1.29 is 28.7 Å². The molecule has 3 aromatic rings. The third kappa shape index (κ3) is 4.42. The summed E-state index contributed by atoms with van der Waals surface area (Å²) in [6.07, 6.45) is 0.896. The predicted molar refractivity (Wildman–Crippen MR) is 139 cm³/mol. The van der Waals surface area contributed by atoms with Crippen molar-refractivity contribution in [1.82, 2.24) is 4.90 Å². The fraction of sp³-hybridized carbons (Fsp3) is 0.267. The Morgan fingerprint density at radius 3 is 2.37 bits per heavy atom. The Morgan fingerprint density at radius 2 is 1.58 bits per heavy atom. The Balaban J connectivity index is 1.07. The largest absolute Gasteiger partial charge is 0.454 e. The molecule has 0 aromatic heterocycles. The van der Waals surface area contributed by atoms with Gasteiger partial charge in [-0.3, -0.25) is 19.3 Å². The van der Waals surface area contributed by atoms with Gasteiger partial charge in [-0.2, -0.15) is 0 Å². The summed E-state index contributed by atoms with van der Waals surface area (Å²) < 4.78 is 10.6. The lowest BCUT2D eigenvalue weighted by Crippen LogP contribution is -2.47. The maximum absolute atomic E-state index is 13.0. The fourth-order valence-corrected chi connectivity index (χ4v) is 5.42. The molecule has 0 radical (unpaired) electrons. The number of nitrogens with zero attached hydrogens (tertiary/aromatic N) is 2. The van der Waals surface area contributed by atoms with Gasteiger partial charge in [-0.15, -0.1) is 0 Å². The average Bonchev–Trinajstić information content (AvgIpc) is 3.47. The highest BCUT2D eigenvalue weighted by Crippen LogP contribution is 2.36. The second kappa shape index (κ2) is 9.96. The van der Waals surface area contributed by atoms with E-state index in [2.05, 4.69) is 12.1 Å². The summed E-state index contributed by atoms with van der Waals surface area (Å²) in [6.45, 7) is 1.92. The lowest BCUT2D eigenvalue weighted by molar-refractivity contribution is -0.123. The average molecular weight is 511 g/mol. The Labute approximate surface area is 219 Å². The maximum Gasteiger partial charge on any atom is 0.338 e. The first-order valence-electron chi connectivity index (χ1n) is 12.7. The van der Waals surface area contributed by atoms with E-state index in [1.165, 1.54) is 28.2 Å². The highest BCUT2D eigenvalue weighted by molar-refractivity contribution is 6.22. The van der Waals surface area contributed by atoms with Crippen molar-refractivity contribution in [3.05, 3.63) is 89.0 Å². The van der Waals surface area contributed by atoms with Crippen LogP contribution >= 0.6 is 0 Å². The summed E-state index contributed by atoms with van der Waals surface area (Å²) in [7, 11) is 0. The first-order chi connectivity index (χ1) is 18.5. The standard InChI is InChI=1S/C30H26N2O6/c33-27(21-7-10-25-22(16-21)15-20-3-1-2-4-24(20)25)18-38-30(36)19-5-8-23(9-6-19)32-28(34)17-26(29(32)35)31-11-13-37-14-12-31/h1-10,16,26H,11-15,17-18H2. The lowest BCUT2D eigenvalue weighted by atomic mass is 10.0. The highest BCUT2D eigenvalue weighted by atomic mass is 16.5. The molecule has 0 spiro atoms. The van der Waals surface area contributed by atoms with E-state index in [0.29, 0.717) is 37.6 Å². The fourth-order valence-electron chi connectivity index (χ4n) is 5.42. The number of fused-ring (bicyclic) bond motifs is 3. The zero-order chi connectivity index (χ0) is 26.2. The minimum atomic E-state index is -0.649. The molecule has 8 heteroatoms. The third-order valence-electron chi connectivity index (χ3n) is 7.42. The molecule has 192 valence electrons. The number of rotatable bonds is 6. The number of Topliss-reactive ketones (excluding diaryl/α,β-unsaturated/α-hetero) is 1. The van der Waals surface area contributed by atoms with E-state index in [-0.39, 0.29) is 36.2 Å². The number of hydrogen-bond acceptors (Lipinski definition) is 7. The molecular formula is C30H26N2O6. The molecule has 2 fully saturated rings. The zero-order valence-electron chi connectivity index (χ0n) is 20.7. The van der Waals surface area contributed by atoms with Crippen LogP contribution in [0.25, 0.3) is 11.1 Å². The van der Waals surface area contributed by atoms with Crippen molar-refractivity contribution in [3.63, 3.8) is 0 Å². The van der Waals surface area contributed by atoms with Gasteiger partial charge >= 0.3 is 5.97 Å². The Hall–Kier alpha value is -4.14. The maximum atomic E-state index is 13.0. The number of benzene rings is 3. The lowest BCUT2D eigenvalue weighted by Gasteiger charge is -2.30. The second-order valence-corrected chi connectivity index (χ2v) is 9.69. The number of carbonyl (C=O) groups excluding carboxylic acids is 4. The summed E-state index contributed by atoms with van der Waals surface area (Å²) in [5, 5.41) is 0. The summed E-state index contributed by atoms with van der Waals surface area (Å²) in [4.78, 5) is 54.1. The molecule has 0 bridgehead atoms. The molecule has 3 aromatic carbocycles. The number of ketones is 1. The number of morpholine rings is 1. The molecule has 0 saturated carbocycles. The van der Waals surface area contributed by atoms with E-state index in [4.69, 9.17) is 9.47 Å². The van der Waals surface area contributed by atoms with Crippen molar-refractivity contribution in [2.75, 3.05) is 37.8 Å². The Bertz CT molecular complexity index is 1440. The van der Waals surface area contributed by atoms with Crippen molar-refractivity contribution in [3.8, 4) is 11.1 Å². The summed E-state index contributed by atoms with van der Waals surface area (Å²) in [5.74, 6) is -1.47. The number of hydrogen-bond donors (Lipinski definition) is 0. The van der Waals surface area contributed by atoms with E-state index in [0.717, 1.165) is 17.5 Å². The van der Waals surface area contributed by atoms with Crippen LogP contribution < -0.4 is 4.90 Å². The number of ether oxygens (including phenoxy) is 2. The molecule has 38 heavy (non-hydrogen) atoms. The van der Waals surface area contributed by atoms with Gasteiger partial charge in [0.05, 0.1) is 36.9 Å². The quantitative estimate of drug-likeness (QED) is 0.223. The van der Waals surface area contributed by atoms with Gasteiger partial charge < -0.3 is 9.47 Å². The molecule has 3 aliphatic rings. The minimum Gasteiger partial charge on any atom is -0.454 e. The van der Waals surface area contributed by atoms with Gasteiger partial charge in [-0.1, -0.05) is 36.4 Å². The number of anilines is 1. The number of amides is 2. The molecule has 2 saturated heterocycles. The number of carbonyl (C=O) groups is 4. The highest BCUT2D eigenvalue weighted by Gasteiger charge is 2.43. The Morgan fingerprint density at radius 1 is 0.868 bits per heavy atom. The summed E-state index contributed by atoms with van der Waals surface area (Å²) >= 11 is 0. The number of esters is 1. The van der Waals surface area contributed by atoms with Gasteiger partial charge in [0.1, 0.15) is 0 Å². The number of imide groups is 1. The van der Waals surface area contributed by atoms with Crippen LogP contribution in [0.15, 0.2) is 66.7 Å². The van der Waals surface area contributed by atoms with Crippen molar-refractivity contribution in [2.24, 2.45) is 0 Å². The summed E-state index contributed by atoms with van der Waals surface area (Å²) in [6, 6.07) is 19.4. The zero-order valence-corrected chi connectivity index (χ0v) is 20.7. The van der Waals surface area contributed by atoms with Crippen LogP contribution in [0.5, 0.6) is 0 Å². The molecule has 0 N–H and O–H groups in total. The molecule has 2 heterocycles.